The maximum Gasteiger partial charge on any atom is 2.00 e. The first kappa shape index (κ1) is 24.7. The molecule has 1 aromatic rings. The Hall–Kier alpha value is -1.54. The van der Waals surface area contributed by atoms with Crippen molar-refractivity contribution in [2.75, 3.05) is 26.2 Å². The second kappa shape index (κ2) is 13.0. The van der Waals surface area contributed by atoms with Crippen LogP contribution in [0.1, 0.15) is 51.0 Å². The minimum Gasteiger partial charge on any atom is -0.741 e. The van der Waals surface area contributed by atoms with Crippen molar-refractivity contribution in [2.24, 2.45) is 20.4 Å². The quantitative estimate of drug-likeness (QED) is 0.212. The van der Waals surface area contributed by atoms with Crippen LogP contribution in [0, 0.1) is 0 Å². The van der Waals surface area contributed by atoms with E-state index >= 15 is 0 Å². The Morgan fingerprint density at radius 1 is 0.700 bits per heavy atom. The third-order valence-corrected chi connectivity index (χ3v) is 5.84. The largest absolute Gasteiger partial charge is 2.00 e. The molecule has 1 radical (unpaired) electrons. The van der Waals surface area contributed by atoms with Gasteiger partial charge in [0.2, 0.25) is 0 Å². The molecule has 3 rings (SSSR count). The van der Waals surface area contributed by atoms with Crippen LogP contribution in [0.25, 0.3) is 0 Å². The molecule has 2 aliphatic rings. The summed E-state index contributed by atoms with van der Waals surface area (Å²) in [6, 6.07) is 9.88. The number of piperidine rings is 2. The van der Waals surface area contributed by atoms with E-state index in [9.17, 15) is 0 Å². The van der Waals surface area contributed by atoms with E-state index in [0.717, 1.165) is 57.4 Å². The first-order valence-corrected chi connectivity index (χ1v) is 11.1. The van der Waals surface area contributed by atoms with Crippen LogP contribution in [0.2, 0.25) is 0 Å². The first-order valence-electron chi connectivity index (χ1n) is 10.3. The fourth-order valence-electron chi connectivity index (χ4n) is 3.49. The molecule has 0 aliphatic carbocycles. The summed E-state index contributed by atoms with van der Waals surface area (Å²) in [6.07, 6.45) is 7.12. The molecule has 0 amide bonds. The summed E-state index contributed by atoms with van der Waals surface area (Å²) in [5, 5.41) is 18.6. The molecule has 9 heteroatoms. The Morgan fingerprint density at radius 3 is 1.67 bits per heavy atom. The molecule has 0 spiro atoms. The van der Waals surface area contributed by atoms with Gasteiger partial charge in [-0.1, -0.05) is 30.3 Å². The molecule has 0 atom stereocenters. The van der Waals surface area contributed by atoms with Crippen molar-refractivity contribution in [1.29, 1.82) is 0 Å². The number of amidine groups is 2. The Bertz CT molecular complexity index is 782. The SMILES string of the molecule is CC(=N\N=C(/[S-])N1CCCCC1)/C(=N/N=C(\[S-])N1CCCCC1)c1ccccc1.[Cu+2]. The van der Waals surface area contributed by atoms with Crippen molar-refractivity contribution in [1.82, 2.24) is 9.80 Å². The molecular weight excluding hydrogens is 464 g/mol. The number of nitrogens with zero attached hydrogens (tertiary/aromatic N) is 6. The monoisotopic (exact) mass is 491 g/mol. The van der Waals surface area contributed by atoms with Gasteiger partial charge >= 0.3 is 17.1 Å². The smallest absolute Gasteiger partial charge is 0.741 e. The van der Waals surface area contributed by atoms with Gasteiger partial charge in [-0.2, -0.15) is 15.3 Å². The van der Waals surface area contributed by atoms with Gasteiger partial charge in [0.1, 0.15) is 5.71 Å². The standard InChI is InChI=1S/C21H30N6S2.Cu/c1-17(22-24-20(28)26-13-7-3-8-14-26)19(18-11-5-2-6-12-18)23-25-21(29)27-15-9-4-10-16-27;/h2,5-6,11-12H,3-4,7-10,13-16H2,1H3,(H,24,28)(H,25,29);/q;+2/p-2/b22-17+,23-19-;. The molecular formula is C21H28CuN6S2. The van der Waals surface area contributed by atoms with E-state index in [1.54, 1.807) is 0 Å². The maximum atomic E-state index is 5.48. The van der Waals surface area contributed by atoms with Gasteiger partial charge in [-0.05, 0) is 45.4 Å². The van der Waals surface area contributed by atoms with Crippen molar-refractivity contribution < 1.29 is 17.1 Å². The molecule has 30 heavy (non-hydrogen) atoms. The predicted octanol–water partition coefficient (Wildman–Crippen LogP) is 3.54. The zero-order chi connectivity index (χ0) is 20.5. The zero-order valence-corrected chi connectivity index (χ0v) is 19.8. The first-order chi connectivity index (χ1) is 14.1. The number of likely N-dealkylation sites (tertiary alicyclic amines) is 2. The summed E-state index contributed by atoms with van der Waals surface area (Å²) in [5.74, 6) is 0. The van der Waals surface area contributed by atoms with Crippen molar-refractivity contribution >= 4 is 47.0 Å². The maximum absolute atomic E-state index is 5.48. The third-order valence-electron chi connectivity index (χ3n) is 5.16. The third kappa shape index (κ3) is 7.30. The van der Waals surface area contributed by atoms with E-state index in [2.05, 4.69) is 30.2 Å². The molecule has 6 nitrogen and oxygen atoms in total. The summed E-state index contributed by atoms with van der Waals surface area (Å²) in [7, 11) is 0. The van der Waals surface area contributed by atoms with Gasteiger partial charge in [-0.15, -0.1) is 5.10 Å². The molecule has 2 saturated heterocycles. The second-order valence-electron chi connectivity index (χ2n) is 7.36. The fourth-order valence-corrected chi connectivity index (χ4v) is 3.94. The molecule has 1 aromatic carbocycles. The Labute approximate surface area is 201 Å². The van der Waals surface area contributed by atoms with E-state index in [1.165, 1.54) is 12.8 Å². The van der Waals surface area contributed by atoms with E-state index < -0.39 is 0 Å². The van der Waals surface area contributed by atoms with E-state index in [-0.39, 0.29) is 17.1 Å². The van der Waals surface area contributed by atoms with Gasteiger partial charge in [-0.25, -0.2) is 0 Å². The van der Waals surface area contributed by atoms with Crippen LogP contribution in [-0.4, -0.2) is 57.7 Å². The molecule has 0 unspecified atom stereocenters. The Balaban J connectivity index is 0.00000320. The van der Waals surface area contributed by atoms with Crippen molar-refractivity contribution in [3.8, 4) is 0 Å². The Kier molecular flexibility index (Phi) is 10.7. The predicted molar refractivity (Wildman–Crippen MR) is 127 cm³/mol. The number of benzene rings is 1. The zero-order valence-electron chi connectivity index (χ0n) is 17.3. The minimum atomic E-state index is 0. The van der Waals surface area contributed by atoms with Crippen LogP contribution in [0.5, 0.6) is 0 Å². The second-order valence-corrected chi connectivity index (χ2v) is 8.09. The normalized spacial score (nSPS) is 19.5. The van der Waals surface area contributed by atoms with Crippen LogP contribution in [0.3, 0.4) is 0 Å². The van der Waals surface area contributed by atoms with Crippen LogP contribution in [0.4, 0.5) is 0 Å². The van der Waals surface area contributed by atoms with E-state index in [4.69, 9.17) is 25.3 Å². The van der Waals surface area contributed by atoms with E-state index in [0.29, 0.717) is 21.8 Å². The summed E-state index contributed by atoms with van der Waals surface area (Å²) >= 11 is 10.9. The Morgan fingerprint density at radius 2 is 1.17 bits per heavy atom. The molecule has 2 fully saturated rings. The van der Waals surface area contributed by atoms with Gasteiger partial charge in [0.15, 0.2) is 0 Å². The summed E-state index contributed by atoms with van der Waals surface area (Å²) in [6.45, 7) is 5.69. The van der Waals surface area contributed by atoms with Crippen LogP contribution >= 0.6 is 0 Å². The van der Waals surface area contributed by atoms with Crippen LogP contribution in [-0.2, 0) is 42.3 Å². The summed E-state index contributed by atoms with van der Waals surface area (Å²) in [4.78, 5) is 4.23. The fraction of sp³-hybridized carbons (Fsp3) is 0.524. The molecule has 2 aliphatic heterocycles. The molecule has 0 aromatic heterocycles. The molecule has 0 N–H and O–H groups in total. The van der Waals surface area contributed by atoms with Gasteiger partial charge < -0.3 is 35.1 Å². The average molecular weight is 492 g/mol. The molecule has 0 bridgehead atoms. The van der Waals surface area contributed by atoms with Crippen LogP contribution in [0.15, 0.2) is 50.7 Å². The van der Waals surface area contributed by atoms with Gasteiger partial charge in [0.05, 0.1) is 5.71 Å². The number of rotatable bonds is 4. The van der Waals surface area contributed by atoms with E-state index in [1.807, 2.05) is 37.3 Å². The minimum absolute atomic E-state index is 0. The molecule has 165 valence electrons. The number of hydrogen-bond acceptors (Lipinski definition) is 6. The molecule has 0 saturated carbocycles. The summed E-state index contributed by atoms with van der Waals surface area (Å²) < 4.78 is 0. The van der Waals surface area contributed by atoms with Gasteiger partial charge in [0, 0.05) is 42.1 Å². The topological polar surface area (TPSA) is 55.9 Å². The van der Waals surface area contributed by atoms with Gasteiger partial charge in [-0.3, -0.25) is 0 Å². The van der Waals surface area contributed by atoms with Gasteiger partial charge in [0.25, 0.3) is 0 Å². The van der Waals surface area contributed by atoms with Crippen LogP contribution < -0.4 is 0 Å². The summed E-state index contributed by atoms with van der Waals surface area (Å²) in [5.41, 5.74) is 2.26. The molecule has 2 heterocycles. The average Bonchev–Trinajstić information content (AvgIpc) is 2.79. The van der Waals surface area contributed by atoms with Crippen molar-refractivity contribution in [3.05, 3.63) is 35.9 Å². The van der Waals surface area contributed by atoms with Crippen molar-refractivity contribution in [3.63, 3.8) is 0 Å². The number of hydrogen-bond donors (Lipinski definition) is 0. The van der Waals surface area contributed by atoms with Crippen molar-refractivity contribution in [2.45, 2.75) is 45.4 Å².